The average molecular weight is 251 g/mol. The zero-order valence-corrected chi connectivity index (χ0v) is 11.4. The minimum atomic E-state index is -0.240. The Bertz CT molecular complexity index is 402. The minimum Gasteiger partial charge on any atom is -0.466 e. The molecule has 0 saturated heterocycles. The summed E-state index contributed by atoms with van der Waals surface area (Å²) in [5.41, 5.74) is 4.79. The predicted molar refractivity (Wildman–Crippen MR) is 70.4 cm³/mol. The fraction of sp³-hybridized carbons (Fsp3) is 0.500. The fourth-order valence-corrected chi connectivity index (χ4v) is 1.45. The first-order chi connectivity index (χ1) is 8.52. The highest BCUT2D eigenvalue weighted by Gasteiger charge is 2.11. The molecule has 4 heteroatoms. The van der Waals surface area contributed by atoms with Crippen LogP contribution < -0.4 is 10.3 Å². The number of nitrogens with one attached hydrogen (secondary N) is 1. The molecular weight excluding hydrogens is 230 g/mol. The smallest absolute Gasteiger partial charge is 0.310 e. The third kappa shape index (κ3) is 4.75. The van der Waals surface area contributed by atoms with Crippen molar-refractivity contribution in [3.63, 3.8) is 0 Å². The van der Waals surface area contributed by atoms with Crippen LogP contribution in [-0.2, 0) is 16.0 Å². The van der Waals surface area contributed by atoms with Gasteiger partial charge in [0.2, 0.25) is 0 Å². The van der Waals surface area contributed by atoms with Crippen LogP contribution in [0.2, 0.25) is 0 Å². The Balaban J connectivity index is 2.79. The third-order valence-corrected chi connectivity index (χ3v) is 2.27. The topological polar surface area (TPSA) is 47.6 Å². The SMILES string of the molecule is CCOC(=O)Cc1ccc(C)cc1ONC(C)C. The molecule has 0 fully saturated rings. The number of ether oxygens (including phenoxy) is 1. The van der Waals surface area contributed by atoms with E-state index in [2.05, 4.69) is 5.48 Å². The molecule has 0 amide bonds. The van der Waals surface area contributed by atoms with Gasteiger partial charge in [-0.05, 0) is 39.3 Å². The van der Waals surface area contributed by atoms with Gasteiger partial charge in [-0.2, -0.15) is 5.48 Å². The highest BCUT2D eigenvalue weighted by atomic mass is 16.6. The molecule has 100 valence electrons. The molecule has 4 nitrogen and oxygen atoms in total. The number of rotatable bonds is 6. The summed E-state index contributed by atoms with van der Waals surface area (Å²) in [5.74, 6) is 0.438. The third-order valence-electron chi connectivity index (χ3n) is 2.27. The van der Waals surface area contributed by atoms with Crippen molar-refractivity contribution in [2.45, 2.75) is 40.2 Å². The lowest BCUT2D eigenvalue weighted by Gasteiger charge is -2.14. The number of hydrogen-bond acceptors (Lipinski definition) is 4. The molecule has 1 aromatic rings. The Hall–Kier alpha value is -1.55. The minimum absolute atomic E-state index is 0.209. The number of aryl methyl sites for hydroxylation is 1. The van der Waals surface area contributed by atoms with Gasteiger partial charge < -0.3 is 9.57 Å². The summed E-state index contributed by atoms with van der Waals surface area (Å²) >= 11 is 0. The van der Waals surface area contributed by atoms with E-state index in [1.807, 2.05) is 39.0 Å². The number of benzene rings is 1. The molecule has 1 N–H and O–H groups in total. The normalized spacial score (nSPS) is 10.5. The van der Waals surface area contributed by atoms with E-state index in [9.17, 15) is 4.79 Å². The summed E-state index contributed by atoms with van der Waals surface area (Å²) < 4.78 is 4.94. The van der Waals surface area contributed by atoms with Crippen LogP contribution >= 0.6 is 0 Å². The molecule has 0 aliphatic carbocycles. The lowest BCUT2D eigenvalue weighted by atomic mass is 10.1. The first kappa shape index (κ1) is 14.5. The molecule has 0 aliphatic heterocycles. The average Bonchev–Trinajstić information content (AvgIpc) is 2.29. The van der Waals surface area contributed by atoms with Gasteiger partial charge in [0.15, 0.2) is 5.75 Å². The van der Waals surface area contributed by atoms with Crippen LogP contribution in [0.3, 0.4) is 0 Å². The van der Waals surface area contributed by atoms with Crippen molar-refractivity contribution in [3.8, 4) is 5.75 Å². The maximum atomic E-state index is 11.5. The zero-order valence-electron chi connectivity index (χ0n) is 11.4. The second-order valence-corrected chi connectivity index (χ2v) is 4.47. The predicted octanol–water partition coefficient (Wildman–Crippen LogP) is 2.39. The van der Waals surface area contributed by atoms with E-state index >= 15 is 0 Å². The van der Waals surface area contributed by atoms with Crippen LogP contribution in [0.15, 0.2) is 18.2 Å². The van der Waals surface area contributed by atoms with Crippen LogP contribution in [0.25, 0.3) is 0 Å². The second kappa shape index (κ2) is 7.01. The van der Waals surface area contributed by atoms with Crippen LogP contribution in [0.5, 0.6) is 5.75 Å². The molecule has 0 atom stereocenters. The molecule has 0 heterocycles. The molecule has 1 aromatic carbocycles. The molecule has 0 spiro atoms. The van der Waals surface area contributed by atoms with Crippen molar-refractivity contribution >= 4 is 5.97 Å². The summed E-state index contributed by atoms with van der Waals surface area (Å²) in [6.45, 7) is 8.15. The van der Waals surface area contributed by atoms with Gasteiger partial charge in [-0.3, -0.25) is 4.79 Å². The van der Waals surface area contributed by atoms with E-state index in [4.69, 9.17) is 9.57 Å². The van der Waals surface area contributed by atoms with Crippen molar-refractivity contribution in [2.24, 2.45) is 0 Å². The van der Waals surface area contributed by atoms with E-state index in [0.29, 0.717) is 12.4 Å². The molecule has 0 saturated carbocycles. The lowest BCUT2D eigenvalue weighted by molar-refractivity contribution is -0.142. The molecule has 18 heavy (non-hydrogen) atoms. The van der Waals surface area contributed by atoms with Crippen molar-refractivity contribution < 1.29 is 14.4 Å². The summed E-state index contributed by atoms with van der Waals surface area (Å²) in [6.07, 6.45) is 0.225. The Labute approximate surface area is 108 Å². The highest BCUT2D eigenvalue weighted by molar-refractivity contribution is 5.73. The van der Waals surface area contributed by atoms with Crippen LogP contribution in [0.1, 0.15) is 31.9 Å². The van der Waals surface area contributed by atoms with Gasteiger partial charge in [-0.1, -0.05) is 12.1 Å². The van der Waals surface area contributed by atoms with E-state index in [1.165, 1.54) is 0 Å². The molecule has 0 radical (unpaired) electrons. The Kier molecular flexibility index (Phi) is 5.65. The number of hydrogen-bond donors (Lipinski definition) is 1. The summed E-state index contributed by atoms with van der Waals surface area (Å²) in [4.78, 5) is 17.0. The number of carbonyl (C=O) groups is 1. The van der Waals surface area contributed by atoms with E-state index in [0.717, 1.165) is 11.1 Å². The summed E-state index contributed by atoms with van der Waals surface area (Å²) in [7, 11) is 0. The Morgan fingerprint density at radius 1 is 1.39 bits per heavy atom. The quantitative estimate of drug-likeness (QED) is 0.623. The largest absolute Gasteiger partial charge is 0.466 e. The number of hydroxylamine groups is 1. The Morgan fingerprint density at radius 2 is 2.11 bits per heavy atom. The van der Waals surface area contributed by atoms with Crippen molar-refractivity contribution in [3.05, 3.63) is 29.3 Å². The fourth-order valence-electron chi connectivity index (χ4n) is 1.45. The summed E-state index contributed by atoms with van der Waals surface area (Å²) in [6, 6.07) is 5.96. The van der Waals surface area contributed by atoms with Crippen molar-refractivity contribution in [2.75, 3.05) is 6.61 Å². The van der Waals surface area contributed by atoms with Gasteiger partial charge in [0, 0.05) is 11.6 Å². The highest BCUT2D eigenvalue weighted by Crippen LogP contribution is 2.20. The van der Waals surface area contributed by atoms with Crippen LogP contribution in [0, 0.1) is 6.92 Å². The van der Waals surface area contributed by atoms with Gasteiger partial charge in [0.1, 0.15) is 0 Å². The van der Waals surface area contributed by atoms with Gasteiger partial charge in [-0.25, -0.2) is 0 Å². The van der Waals surface area contributed by atoms with Gasteiger partial charge in [0.05, 0.1) is 13.0 Å². The standard InChI is InChI=1S/C14H21NO3/c1-5-17-14(16)9-12-7-6-11(4)8-13(12)18-15-10(2)3/h6-8,10,15H,5,9H2,1-4H3. The monoisotopic (exact) mass is 251 g/mol. The zero-order chi connectivity index (χ0) is 13.5. The lowest BCUT2D eigenvalue weighted by Crippen LogP contribution is -2.27. The molecule has 0 aromatic heterocycles. The molecule has 0 bridgehead atoms. The van der Waals surface area contributed by atoms with E-state index in [1.54, 1.807) is 6.92 Å². The summed E-state index contributed by atoms with van der Waals surface area (Å²) in [5, 5.41) is 0. The molecule has 0 aliphatic rings. The maximum Gasteiger partial charge on any atom is 0.310 e. The van der Waals surface area contributed by atoms with Gasteiger partial charge in [-0.15, -0.1) is 0 Å². The second-order valence-electron chi connectivity index (χ2n) is 4.47. The Morgan fingerprint density at radius 3 is 2.72 bits per heavy atom. The van der Waals surface area contributed by atoms with E-state index < -0.39 is 0 Å². The van der Waals surface area contributed by atoms with Crippen LogP contribution in [-0.4, -0.2) is 18.6 Å². The molecular formula is C14H21NO3. The molecule has 0 unspecified atom stereocenters. The first-order valence-electron chi connectivity index (χ1n) is 6.20. The number of esters is 1. The van der Waals surface area contributed by atoms with E-state index in [-0.39, 0.29) is 18.4 Å². The van der Waals surface area contributed by atoms with Crippen LogP contribution in [0.4, 0.5) is 0 Å². The van der Waals surface area contributed by atoms with Crippen molar-refractivity contribution in [1.29, 1.82) is 0 Å². The van der Waals surface area contributed by atoms with Gasteiger partial charge >= 0.3 is 5.97 Å². The molecule has 1 rings (SSSR count). The van der Waals surface area contributed by atoms with Gasteiger partial charge in [0.25, 0.3) is 0 Å². The first-order valence-corrected chi connectivity index (χ1v) is 6.20. The van der Waals surface area contributed by atoms with Crippen molar-refractivity contribution in [1.82, 2.24) is 5.48 Å². The number of carbonyl (C=O) groups excluding carboxylic acids is 1. The maximum absolute atomic E-state index is 11.5.